The summed E-state index contributed by atoms with van der Waals surface area (Å²) in [6, 6.07) is 22.1. The Bertz CT molecular complexity index is 796. The number of carbonyl (C=O) groups excluding carboxylic acids is 1. The van der Waals surface area contributed by atoms with Gasteiger partial charge in [0.2, 0.25) is 0 Å². The zero-order valence-electron chi connectivity index (χ0n) is 11.5. The van der Waals surface area contributed by atoms with Crippen LogP contribution in [0.15, 0.2) is 60.7 Å². The smallest absolute Gasteiger partial charge is 0.251 e. The molecule has 0 aromatic heterocycles. The van der Waals surface area contributed by atoms with Gasteiger partial charge in [0.15, 0.2) is 0 Å². The summed E-state index contributed by atoms with van der Waals surface area (Å²) in [6.07, 6.45) is 0. The number of anilines is 1. The predicted molar refractivity (Wildman–Crippen MR) is 84.8 cm³/mol. The fourth-order valence-electron chi connectivity index (χ4n) is 2.25. The van der Waals surface area contributed by atoms with E-state index in [4.69, 9.17) is 5.73 Å². The highest BCUT2D eigenvalue weighted by Crippen LogP contribution is 2.15. The molecule has 103 valence electrons. The third-order valence-corrected chi connectivity index (χ3v) is 3.34. The first kappa shape index (κ1) is 13.2. The van der Waals surface area contributed by atoms with Crippen LogP contribution in [0.25, 0.3) is 10.8 Å². The molecule has 0 fully saturated rings. The van der Waals surface area contributed by atoms with Crippen LogP contribution in [0, 0.1) is 6.07 Å². The molecule has 0 aliphatic carbocycles. The Balaban J connectivity index is 1.72. The minimum absolute atomic E-state index is 0.147. The number of hydrogen-bond donors (Lipinski definition) is 2. The van der Waals surface area contributed by atoms with Gasteiger partial charge in [-0.25, -0.2) is 0 Å². The van der Waals surface area contributed by atoms with Crippen molar-refractivity contribution < 1.29 is 4.79 Å². The Hall–Kier alpha value is -2.81. The van der Waals surface area contributed by atoms with Gasteiger partial charge in [0.05, 0.1) is 0 Å². The van der Waals surface area contributed by atoms with E-state index in [0.29, 0.717) is 17.8 Å². The Kier molecular flexibility index (Phi) is 3.56. The molecular weight excluding hydrogens is 260 g/mol. The number of carbonyl (C=O) groups is 1. The molecule has 0 aliphatic heterocycles. The first-order valence-electron chi connectivity index (χ1n) is 6.75. The summed E-state index contributed by atoms with van der Waals surface area (Å²) >= 11 is 0. The van der Waals surface area contributed by atoms with E-state index >= 15 is 0 Å². The van der Waals surface area contributed by atoms with Crippen molar-refractivity contribution in [2.45, 2.75) is 6.54 Å². The van der Waals surface area contributed by atoms with E-state index < -0.39 is 0 Å². The van der Waals surface area contributed by atoms with Crippen LogP contribution in [0.5, 0.6) is 0 Å². The summed E-state index contributed by atoms with van der Waals surface area (Å²) in [5.41, 5.74) is 7.78. The Morgan fingerprint density at radius 1 is 1.05 bits per heavy atom. The Morgan fingerprint density at radius 2 is 1.86 bits per heavy atom. The van der Waals surface area contributed by atoms with Gasteiger partial charge in [0.1, 0.15) is 0 Å². The van der Waals surface area contributed by atoms with Crippen LogP contribution in [0.3, 0.4) is 0 Å². The molecule has 0 spiro atoms. The van der Waals surface area contributed by atoms with Gasteiger partial charge in [-0.05, 0) is 46.7 Å². The molecule has 0 atom stereocenters. The third-order valence-electron chi connectivity index (χ3n) is 3.34. The van der Waals surface area contributed by atoms with E-state index in [2.05, 4.69) is 35.6 Å². The maximum absolute atomic E-state index is 12.0. The van der Waals surface area contributed by atoms with Crippen molar-refractivity contribution in [1.29, 1.82) is 0 Å². The average Bonchev–Trinajstić information content (AvgIpc) is 2.52. The summed E-state index contributed by atoms with van der Waals surface area (Å²) in [6.45, 7) is 0.485. The fourth-order valence-corrected chi connectivity index (χ4v) is 2.25. The van der Waals surface area contributed by atoms with Crippen molar-refractivity contribution in [2.24, 2.45) is 0 Å². The molecule has 3 rings (SSSR count). The average molecular weight is 275 g/mol. The zero-order valence-corrected chi connectivity index (χ0v) is 11.5. The molecule has 3 aromatic carbocycles. The van der Waals surface area contributed by atoms with E-state index in [-0.39, 0.29) is 5.91 Å². The van der Waals surface area contributed by atoms with Crippen molar-refractivity contribution in [3.8, 4) is 0 Å². The second kappa shape index (κ2) is 5.67. The molecular formula is C18H15N2O. The van der Waals surface area contributed by atoms with E-state index in [0.717, 1.165) is 5.56 Å². The molecule has 0 unspecified atom stereocenters. The van der Waals surface area contributed by atoms with Gasteiger partial charge in [-0.2, -0.15) is 0 Å². The molecule has 3 aromatic rings. The number of nitrogens with one attached hydrogen (secondary N) is 1. The number of nitrogen functional groups attached to an aromatic ring is 1. The van der Waals surface area contributed by atoms with Gasteiger partial charge in [0.25, 0.3) is 5.91 Å². The van der Waals surface area contributed by atoms with Crippen LogP contribution in [0.4, 0.5) is 5.69 Å². The summed E-state index contributed by atoms with van der Waals surface area (Å²) < 4.78 is 0. The topological polar surface area (TPSA) is 55.1 Å². The largest absolute Gasteiger partial charge is 0.399 e. The second-order valence-corrected chi connectivity index (χ2v) is 4.92. The Labute approximate surface area is 123 Å². The molecule has 0 saturated heterocycles. The summed E-state index contributed by atoms with van der Waals surface area (Å²) in [7, 11) is 0. The lowest BCUT2D eigenvalue weighted by atomic mass is 10.1. The standard InChI is InChI=1S/C18H15N2O/c19-17-7-3-6-16(11-17)18(21)20-12-13-8-9-14-4-1-2-5-15(14)10-13/h1-2,4-11H,12,19H2,(H,20,21). The van der Waals surface area contributed by atoms with Crippen LogP contribution in [0.2, 0.25) is 0 Å². The van der Waals surface area contributed by atoms with Crippen LogP contribution in [-0.2, 0) is 6.54 Å². The first-order valence-corrected chi connectivity index (χ1v) is 6.75. The van der Waals surface area contributed by atoms with Crippen molar-refractivity contribution in [3.63, 3.8) is 0 Å². The molecule has 1 amide bonds. The number of amides is 1. The van der Waals surface area contributed by atoms with Gasteiger partial charge in [-0.1, -0.05) is 36.4 Å². The number of fused-ring (bicyclic) bond motifs is 1. The highest BCUT2D eigenvalue weighted by molar-refractivity contribution is 5.95. The summed E-state index contributed by atoms with van der Waals surface area (Å²) in [4.78, 5) is 12.0. The molecule has 0 heterocycles. The van der Waals surface area contributed by atoms with Gasteiger partial charge in [0, 0.05) is 17.8 Å². The molecule has 1 radical (unpaired) electrons. The molecule has 0 bridgehead atoms. The van der Waals surface area contributed by atoms with Gasteiger partial charge >= 0.3 is 0 Å². The molecule has 3 nitrogen and oxygen atoms in total. The van der Waals surface area contributed by atoms with E-state index in [1.54, 1.807) is 18.2 Å². The predicted octanol–water partition coefficient (Wildman–Crippen LogP) is 3.15. The van der Waals surface area contributed by atoms with Crippen molar-refractivity contribution in [1.82, 2.24) is 5.32 Å². The third kappa shape index (κ3) is 3.03. The first-order chi connectivity index (χ1) is 10.2. The quantitative estimate of drug-likeness (QED) is 0.721. The van der Waals surface area contributed by atoms with E-state index in [1.807, 2.05) is 18.2 Å². The second-order valence-electron chi connectivity index (χ2n) is 4.92. The molecule has 0 saturated carbocycles. The number of rotatable bonds is 3. The molecule has 21 heavy (non-hydrogen) atoms. The zero-order chi connectivity index (χ0) is 14.7. The monoisotopic (exact) mass is 275 g/mol. The highest BCUT2D eigenvalue weighted by Gasteiger charge is 2.05. The lowest BCUT2D eigenvalue weighted by Crippen LogP contribution is -2.22. The van der Waals surface area contributed by atoms with E-state index in [1.165, 1.54) is 10.8 Å². The number of hydrogen-bond acceptors (Lipinski definition) is 2. The summed E-state index contributed by atoms with van der Waals surface area (Å²) in [5, 5.41) is 5.25. The number of benzene rings is 3. The minimum atomic E-state index is -0.147. The van der Waals surface area contributed by atoms with Crippen LogP contribution < -0.4 is 11.1 Å². The summed E-state index contributed by atoms with van der Waals surface area (Å²) in [5.74, 6) is -0.147. The molecule has 3 heteroatoms. The fraction of sp³-hybridized carbons (Fsp3) is 0.0556. The van der Waals surface area contributed by atoms with Crippen LogP contribution in [0.1, 0.15) is 15.9 Å². The SMILES string of the molecule is Nc1c[c]cc(C(=O)NCc2ccc3ccccc3c2)c1. The van der Waals surface area contributed by atoms with Crippen molar-refractivity contribution in [3.05, 3.63) is 77.9 Å². The van der Waals surface area contributed by atoms with Crippen LogP contribution >= 0.6 is 0 Å². The molecule has 0 aliphatic rings. The van der Waals surface area contributed by atoms with E-state index in [9.17, 15) is 4.79 Å². The maximum atomic E-state index is 12.0. The Morgan fingerprint density at radius 3 is 2.67 bits per heavy atom. The number of nitrogens with two attached hydrogens (primary N) is 1. The normalized spacial score (nSPS) is 10.5. The van der Waals surface area contributed by atoms with Crippen LogP contribution in [-0.4, -0.2) is 5.91 Å². The highest BCUT2D eigenvalue weighted by atomic mass is 16.1. The maximum Gasteiger partial charge on any atom is 0.251 e. The van der Waals surface area contributed by atoms with Crippen molar-refractivity contribution >= 4 is 22.4 Å². The minimum Gasteiger partial charge on any atom is -0.399 e. The molecule has 3 N–H and O–H groups in total. The lowest BCUT2D eigenvalue weighted by molar-refractivity contribution is 0.0951. The lowest BCUT2D eigenvalue weighted by Gasteiger charge is -2.07. The van der Waals surface area contributed by atoms with Gasteiger partial charge in [-0.15, -0.1) is 0 Å². The van der Waals surface area contributed by atoms with Gasteiger partial charge in [-0.3, -0.25) is 4.79 Å². The van der Waals surface area contributed by atoms with Gasteiger partial charge < -0.3 is 11.1 Å². The van der Waals surface area contributed by atoms with Crippen molar-refractivity contribution in [2.75, 3.05) is 5.73 Å².